The van der Waals surface area contributed by atoms with E-state index >= 15 is 0 Å². The molecule has 0 aromatic carbocycles. The van der Waals surface area contributed by atoms with Gasteiger partial charge in [0.25, 0.3) is 0 Å². The van der Waals surface area contributed by atoms with Crippen LogP contribution in [-0.4, -0.2) is 27.3 Å². The molecule has 0 atom stereocenters. The fraction of sp³-hybridized carbons (Fsp3) is 0. The summed E-state index contributed by atoms with van der Waals surface area (Å²) in [4.78, 5) is 0. The summed E-state index contributed by atoms with van der Waals surface area (Å²) in [6.45, 7) is 0. The van der Waals surface area contributed by atoms with Crippen molar-refractivity contribution in [2.45, 2.75) is 0 Å². The van der Waals surface area contributed by atoms with Crippen LogP contribution in [0.5, 0.6) is 0 Å². The monoisotopic (exact) mass is 294 g/mol. The smallest absolute Gasteiger partial charge is 0.0832 e. The third kappa shape index (κ3) is 9.82. The van der Waals surface area contributed by atoms with Gasteiger partial charge in [-0.2, -0.15) is 3.84 Å². The molecule has 0 aromatic heterocycles. The van der Waals surface area contributed by atoms with Crippen LogP contribution in [0.15, 0.2) is 0 Å². The maximum Gasteiger partial charge on any atom is 0.0832 e. The Morgan fingerprint density at radius 1 is 1.25 bits per heavy atom. The van der Waals surface area contributed by atoms with Crippen molar-refractivity contribution >= 4 is 51.0 Å². The minimum absolute atomic E-state index is 0. The van der Waals surface area contributed by atoms with Gasteiger partial charge in [-0.3, -0.25) is 0 Å². The van der Waals surface area contributed by atoms with Gasteiger partial charge in [-0.1, -0.05) is 0 Å². The van der Waals surface area contributed by atoms with Gasteiger partial charge in [0.15, 0.2) is 0 Å². The molecule has 0 saturated heterocycles. The van der Waals surface area contributed by atoms with Gasteiger partial charge in [0.05, 0.1) is 23.7 Å². The number of hydrogen-bond donors (Lipinski definition) is 0. The second kappa shape index (κ2) is 8.82. The number of hydrogen-bond acceptors (Lipinski definition) is 1. The van der Waals surface area contributed by atoms with Crippen LogP contribution < -0.4 is 0 Å². The van der Waals surface area contributed by atoms with Gasteiger partial charge in [0.2, 0.25) is 0 Å². The Labute approximate surface area is 54.7 Å². The van der Waals surface area contributed by atoms with Gasteiger partial charge in [0.1, 0.15) is 0 Å². The second-order valence-electron chi connectivity index (χ2n) is 0.0583. The fourth-order valence-corrected chi connectivity index (χ4v) is 0. The number of halogens is 2. The summed E-state index contributed by atoms with van der Waals surface area (Å²) in [5, 5.41) is 0. The predicted molar refractivity (Wildman–Crippen MR) is 18.5 cm³/mol. The molecule has 0 fully saturated rings. The van der Waals surface area contributed by atoms with Crippen molar-refractivity contribution in [2.75, 3.05) is 0 Å². The molecule has 0 aliphatic carbocycles. The summed E-state index contributed by atoms with van der Waals surface area (Å²) < 4.78 is 3.19. The Morgan fingerprint density at radius 2 is 1.25 bits per heavy atom. The van der Waals surface area contributed by atoms with Crippen LogP contribution in [0.25, 0.3) is 0 Å². The Balaban J connectivity index is 0. The van der Waals surface area contributed by atoms with E-state index in [1.165, 1.54) is 0 Å². The van der Waals surface area contributed by atoms with E-state index in [1.807, 2.05) is 0 Å². The average Bonchev–Trinajstić information content (AvgIpc) is 0.918. The molecule has 0 rings (SSSR count). The van der Waals surface area contributed by atoms with Crippen molar-refractivity contribution in [3.8, 4) is 0 Å². The van der Waals surface area contributed by atoms with E-state index < -0.39 is 0 Å². The molecule has 0 amide bonds. The zero-order chi connectivity index (χ0) is 2.71. The zero-order valence-electron chi connectivity index (χ0n) is 1.66. The number of rotatable bonds is 0. The first kappa shape index (κ1) is 9.07. The van der Waals surface area contributed by atoms with Gasteiger partial charge in [-0.15, -0.1) is 0 Å². The van der Waals surface area contributed by atoms with Gasteiger partial charge >= 0.3 is 0 Å². The maximum absolute atomic E-state index is 4.26. The summed E-state index contributed by atoms with van der Waals surface area (Å²) >= 11 is 8.53. The minimum atomic E-state index is 0. The van der Waals surface area contributed by atoms with Crippen molar-refractivity contribution < 1.29 is 3.84 Å². The second-order valence-corrected chi connectivity index (χ2v) is 0.525. The van der Waals surface area contributed by atoms with Gasteiger partial charge in [0, 0.05) is 27.3 Å². The van der Waals surface area contributed by atoms with Crippen molar-refractivity contribution in [1.29, 1.82) is 0 Å². The Bertz CT molecular complexity index is 6.00. The fourth-order valence-electron chi connectivity index (χ4n) is 0. The van der Waals surface area contributed by atoms with Crippen LogP contribution in [0.3, 0.4) is 0 Å². The molecule has 0 heterocycles. The van der Waals surface area contributed by atoms with Gasteiger partial charge in [-0.25, -0.2) is 0 Å². The summed E-state index contributed by atoms with van der Waals surface area (Å²) in [6, 6.07) is 0. The molecule has 4 heavy (non-hydrogen) atoms. The first-order chi connectivity index (χ1) is 1.41. The Morgan fingerprint density at radius 3 is 1.25 bits per heavy atom. The molecule has 0 N–H and O–H groups in total. The van der Waals surface area contributed by atoms with Crippen LogP contribution in [0, 0.1) is 0 Å². The van der Waals surface area contributed by atoms with Crippen molar-refractivity contribution in [2.24, 2.45) is 0 Å². The summed E-state index contributed by atoms with van der Waals surface area (Å²) in [7, 11) is 0. The van der Waals surface area contributed by atoms with Crippen LogP contribution in [0.1, 0.15) is 0 Å². The van der Waals surface area contributed by atoms with Gasteiger partial charge in [-0.05, 0) is 0 Å². The van der Waals surface area contributed by atoms with Crippen LogP contribution in [0.4, 0.5) is 0 Å². The third-order valence-electron chi connectivity index (χ3n) is 0. The Kier molecular flexibility index (Phi) is 20.0. The molecule has 0 unspecified atom stereocenters. The molecular formula is Cl2OPb. The molecular weight excluding hydrogens is 294 g/mol. The molecule has 0 aliphatic rings. The third-order valence-corrected chi connectivity index (χ3v) is 0. The standard InChI is InChI=1S/Cl2O.Pb/c1-3-2;. The van der Waals surface area contributed by atoms with E-state index in [1.54, 1.807) is 0 Å². The topological polar surface area (TPSA) is 9.23 Å². The summed E-state index contributed by atoms with van der Waals surface area (Å²) in [6.07, 6.45) is 0. The first-order valence-corrected chi connectivity index (χ1v) is 0.926. The molecule has 0 saturated carbocycles. The predicted octanol–water partition coefficient (Wildman–Crippen LogP) is 0.930. The molecule has 4 heteroatoms. The quantitative estimate of drug-likeness (QED) is 0.604. The molecule has 1 nitrogen and oxygen atoms in total. The van der Waals surface area contributed by atoms with Gasteiger partial charge < -0.3 is 0 Å². The van der Waals surface area contributed by atoms with E-state index in [-0.39, 0.29) is 27.3 Å². The average molecular weight is 294 g/mol. The van der Waals surface area contributed by atoms with Crippen LogP contribution in [-0.2, 0) is 3.84 Å². The maximum atomic E-state index is 4.26. The normalized spacial score (nSPS) is 4.50. The molecule has 0 aliphatic heterocycles. The first-order valence-electron chi connectivity index (χ1n) is 0.309. The van der Waals surface area contributed by atoms with E-state index in [0.29, 0.717) is 0 Å². The van der Waals surface area contributed by atoms with Crippen molar-refractivity contribution in [3.63, 3.8) is 0 Å². The minimum Gasteiger partial charge on any atom is -0.166 e. The van der Waals surface area contributed by atoms with E-state index in [0.717, 1.165) is 0 Å². The largest absolute Gasteiger partial charge is 0.166 e. The molecule has 0 bridgehead atoms. The van der Waals surface area contributed by atoms with Crippen LogP contribution >= 0.6 is 23.7 Å². The van der Waals surface area contributed by atoms with E-state index in [2.05, 4.69) is 27.6 Å². The molecule has 0 aromatic rings. The SMILES string of the molecule is ClOCl.[Pb]. The molecule has 24 valence electrons. The van der Waals surface area contributed by atoms with E-state index in [9.17, 15) is 0 Å². The van der Waals surface area contributed by atoms with E-state index in [4.69, 9.17) is 0 Å². The Hall–Kier alpha value is 1.46. The van der Waals surface area contributed by atoms with Crippen molar-refractivity contribution in [1.82, 2.24) is 0 Å². The zero-order valence-corrected chi connectivity index (χ0v) is 7.06. The molecule has 4 radical (unpaired) electrons. The van der Waals surface area contributed by atoms with Crippen LogP contribution in [0.2, 0.25) is 0 Å². The summed E-state index contributed by atoms with van der Waals surface area (Å²) in [5.41, 5.74) is 0. The summed E-state index contributed by atoms with van der Waals surface area (Å²) in [5.74, 6) is 0. The molecule has 0 spiro atoms. The van der Waals surface area contributed by atoms with Crippen molar-refractivity contribution in [3.05, 3.63) is 0 Å².